The molecule has 1 aromatic carbocycles. The third-order valence-electron chi connectivity index (χ3n) is 3.20. The van der Waals surface area contributed by atoms with Gasteiger partial charge in [0.25, 0.3) is 0 Å². The minimum atomic E-state index is -0.867. The second-order valence-corrected chi connectivity index (χ2v) is 6.13. The molecule has 1 saturated heterocycles. The summed E-state index contributed by atoms with van der Waals surface area (Å²) in [6.45, 7) is 2.83. The summed E-state index contributed by atoms with van der Waals surface area (Å²) in [5.41, 5.74) is 2.19. The van der Waals surface area contributed by atoms with Gasteiger partial charge >= 0.3 is 5.97 Å². The van der Waals surface area contributed by atoms with E-state index in [0.29, 0.717) is 10.8 Å². The van der Waals surface area contributed by atoms with E-state index in [9.17, 15) is 4.79 Å². The number of nitrogens with one attached hydrogen (secondary N) is 1. The van der Waals surface area contributed by atoms with Crippen molar-refractivity contribution in [3.63, 3.8) is 0 Å². The molecule has 1 unspecified atom stereocenters. The normalized spacial score (nSPS) is 19.5. The van der Waals surface area contributed by atoms with Crippen molar-refractivity contribution in [2.45, 2.75) is 31.4 Å². The Morgan fingerprint density at radius 1 is 1.50 bits per heavy atom. The number of carboxylic acid groups (broad SMARTS) is 1. The van der Waals surface area contributed by atoms with E-state index in [-0.39, 0.29) is 0 Å². The molecule has 2 rings (SSSR count). The van der Waals surface area contributed by atoms with E-state index in [1.165, 1.54) is 25.0 Å². The third-order valence-corrected chi connectivity index (χ3v) is 4.60. The number of carbonyl (C=O) groups is 1. The fourth-order valence-electron chi connectivity index (χ4n) is 2.18. The smallest absolute Gasteiger partial charge is 0.337 e. The fraction of sp³-hybridized carbons (Fsp3) is 0.500. The van der Waals surface area contributed by atoms with Crippen LogP contribution >= 0.6 is 11.8 Å². The summed E-state index contributed by atoms with van der Waals surface area (Å²) >= 11 is 1.99. The molecule has 4 heteroatoms. The second-order valence-electron chi connectivity index (χ2n) is 4.72. The van der Waals surface area contributed by atoms with Gasteiger partial charge < -0.3 is 10.4 Å². The Labute approximate surface area is 112 Å². The number of carboxylic acids is 1. The standard InChI is InChI=1S/C14H19NO2S/c1-10-5-6-12(14(16)17)13(8-10)15-9-11-4-2-3-7-18-11/h5-6,8,11,15H,2-4,7,9H2,1H3,(H,16,17). The minimum Gasteiger partial charge on any atom is -0.478 e. The lowest BCUT2D eigenvalue weighted by molar-refractivity contribution is 0.0698. The maximum absolute atomic E-state index is 11.1. The van der Waals surface area contributed by atoms with Gasteiger partial charge in [-0.1, -0.05) is 12.5 Å². The highest BCUT2D eigenvalue weighted by Crippen LogP contribution is 2.26. The Bertz CT molecular complexity index is 428. The topological polar surface area (TPSA) is 49.3 Å². The lowest BCUT2D eigenvalue weighted by Crippen LogP contribution is -2.21. The van der Waals surface area contributed by atoms with E-state index < -0.39 is 5.97 Å². The Morgan fingerprint density at radius 3 is 3.00 bits per heavy atom. The maximum atomic E-state index is 11.1. The van der Waals surface area contributed by atoms with Gasteiger partial charge in [0.1, 0.15) is 0 Å². The Hall–Kier alpha value is -1.16. The zero-order valence-corrected chi connectivity index (χ0v) is 11.4. The lowest BCUT2D eigenvalue weighted by atomic mass is 10.1. The molecule has 0 spiro atoms. The van der Waals surface area contributed by atoms with Gasteiger partial charge in [-0.25, -0.2) is 4.79 Å². The van der Waals surface area contributed by atoms with Crippen LogP contribution in [0.1, 0.15) is 35.2 Å². The first kappa shape index (κ1) is 13.3. The van der Waals surface area contributed by atoms with Crippen molar-refractivity contribution >= 4 is 23.4 Å². The van der Waals surface area contributed by atoms with Gasteiger partial charge in [0.2, 0.25) is 0 Å². The van der Waals surface area contributed by atoms with Gasteiger partial charge in [-0.05, 0) is 43.2 Å². The molecule has 1 aliphatic heterocycles. The summed E-state index contributed by atoms with van der Waals surface area (Å²) in [6.07, 6.45) is 3.83. The maximum Gasteiger partial charge on any atom is 0.337 e. The largest absolute Gasteiger partial charge is 0.478 e. The number of aryl methyl sites for hydroxylation is 1. The van der Waals surface area contributed by atoms with Gasteiger partial charge in [0.05, 0.1) is 5.56 Å². The third kappa shape index (κ3) is 3.42. The summed E-state index contributed by atoms with van der Waals surface area (Å²) < 4.78 is 0. The summed E-state index contributed by atoms with van der Waals surface area (Å²) in [5, 5.41) is 13.1. The highest BCUT2D eigenvalue weighted by Gasteiger charge is 2.15. The molecule has 1 aliphatic rings. The van der Waals surface area contributed by atoms with Crippen molar-refractivity contribution in [1.29, 1.82) is 0 Å². The Morgan fingerprint density at radius 2 is 2.33 bits per heavy atom. The van der Waals surface area contributed by atoms with Crippen molar-refractivity contribution in [2.75, 3.05) is 17.6 Å². The molecule has 1 heterocycles. The second kappa shape index (κ2) is 6.14. The molecule has 0 aromatic heterocycles. The van der Waals surface area contributed by atoms with Crippen LogP contribution in [0.25, 0.3) is 0 Å². The van der Waals surface area contributed by atoms with E-state index in [1.54, 1.807) is 6.07 Å². The van der Waals surface area contributed by atoms with E-state index in [4.69, 9.17) is 5.11 Å². The van der Waals surface area contributed by atoms with Crippen molar-refractivity contribution in [3.8, 4) is 0 Å². The molecule has 1 aromatic rings. The zero-order chi connectivity index (χ0) is 13.0. The van der Waals surface area contributed by atoms with Crippen LogP contribution < -0.4 is 5.32 Å². The minimum absolute atomic E-state index is 0.362. The molecule has 18 heavy (non-hydrogen) atoms. The number of hydrogen-bond donors (Lipinski definition) is 2. The van der Waals surface area contributed by atoms with E-state index in [2.05, 4.69) is 5.32 Å². The molecular formula is C14H19NO2S. The highest BCUT2D eigenvalue weighted by atomic mass is 32.2. The van der Waals surface area contributed by atoms with Crippen LogP contribution in [-0.4, -0.2) is 28.6 Å². The first-order valence-electron chi connectivity index (χ1n) is 6.36. The quantitative estimate of drug-likeness (QED) is 0.876. The average molecular weight is 265 g/mol. The summed E-state index contributed by atoms with van der Waals surface area (Å²) in [5.74, 6) is 0.361. The first-order chi connectivity index (χ1) is 8.66. The highest BCUT2D eigenvalue weighted by molar-refractivity contribution is 7.99. The molecule has 98 valence electrons. The predicted molar refractivity (Wildman–Crippen MR) is 76.7 cm³/mol. The van der Waals surface area contributed by atoms with E-state index >= 15 is 0 Å². The van der Waals surface area contributed by atoms with E-state index in [0.717, 1.165) is 17.8 Å². The fourth-order valence-corrected chi connectivity index (χ4v) is 3.42. The number of anilines is 1. The molecular weight excluding hydrogens is 246 g/mol. The van der Waals surface area contributed by atoms with Crippen molar-refractivity contribution in [2.24, 2.45) is 0 Å². The molecule has 0 saturated carbocycles. The van der Waals surface area contributed by atoms with Gasteiger partial charge in [0, 0.05) is 17.5 Å². The number of benzene rings is 1. The first-order valence-corrected chi connectivity index (χ1v) is 7.41. The lowest BCUT2D eigenvalue weighted by Gasteiger charge is -2.22. The Balaban J connectivity index is 2.03. The van der Waals surface area contributed by atoms with Crippen LogP contribution in [0.5, 0.6) is 0 Å². The Kier molecular flexibility index (Phi) is 4.53. The van der Waals surface area contributed by atoms with Crippen molar-refractivity contribution in [3.05, 3.63) is 29.3 Å². The van der Waals surface area contributed by atoms with E-state index in [1.807, 2.05) is 30.8 Å². The summed E-state index contributed by atoms with van der Waals surface area (Å²) in [7, 11) is 0. The summed E-state index contributed by atoms with van der Waals surface area (Å²) in [6, 6.07) is 5.43. The number of rotatable bonds is 4. The number of thioether (sulfide) groups is 1. The van der Waals surface area contributed by atoms with Gasteiger partial charge in [0.15, 0.2) is 0 Å². The molecule has 2 N–H and O–H groups in total. The molecule has 0 aliphatic carbocycles. The van der Waals surface area contributed by atoms with Crippen LogP contribution in [0.3, 0.4) is 0 Å². The summed E-state index contributed by atoms with van der Waals surface area (Å²) in [4.78, 5) is 11.1. The molecule has 1 fully saturated rings. The van der Waals surface area contributed by atoms with Gasteiger partial charge in [-0.3, -0.25) is 0 Å². The molecule has 0 amide bonds. The number of hydrogen-bond acceptors (Lipinski definition) is 3. The van der Waals surface area contributed by atoms with Crippen LogP contribution in [-0.2, 0) is 0 Å². The van der Waals surface area contributed by atoms with Crippen molar-refractivity contribution < 1.29 is 9.90 Å². The van der Waals surface area contributed by atoms with Crippen LogP contribution in [0.15, 0.2) is 18.2 Å². The SMILES string of the molecule is Cc1ccc(C(=O)O)c(NCC2CCCCS2)c1. The zero-order valence-electron chi connectivity index (χ0n) is 10.6. The molecule has 1 atom stereocenters. The van der Waals surface area contributed by atoms with Crippen LogP contribution in [0.2, 0.25) is 0 Å². The molecule has 3 nitrogen and oxygen atoms in total. The van der Waals surface area contributed by atoms with Gasteiger partial charge in [-0.15, -0.1) is 0 Å². The van der Waals surface area contributed by atoms with Crippen LogP contribution in [0.4, 0.5) is 5.69 Å². The van der Waals surface area contributed by atoms with Crippen LogP contribution in [0, 0.1) is 6.92 Å². The average Bonchev–Trinajstić information content (AvgIpc) is 2.37. The predicted octanol–water partition coefficient (Wildman–Crippen LogP) is 3.39. The van der Waals surface area contributed by atoms with Crippen molar-refractivity contribution in [1.82, 2.24) is 0 Å². The van der Waals surface area contributed by atoms with Gasteiger partial charge in [-0.2, -0.15) is 11.8 Å². The number of aromatic carboxylic acids is 1. The molecule has 0 bridgehead atoms. The monoisotopic (exact) mass is 265 g/mol. The molecule has 0 radical (unpaired) electrons.